The molecule has 0 spiro atoms. The molecule has 0 amide bonds. The van der Waals surface area contributed by atoms with Crippen LogP contribution in [0.1, 0.15) is 27.7 Å². The predicted molar refractivity (Wildman–Crippen MR) is 183 cm³/mol. The van der Waals surface area contributed by atoms with Crippen LogP contribution in [0.4, 0.5) is 0 Å². The van der Waals surface area contributed by atoms with Crippen molar-refractivity contribution in [2.24, 2.45) is 0 Å². The van der Waals surface area contributed by atoms with Gasteiger partial charge in [0, 0.05) is 32.9 Å². The summed E-state index contributed by atoms with van der Waals surface area (Å²) >= 11 is 0. The second kappa shape index (κ2) is 11.8. The highest BCUT2D eigenvalue weighted by molar-refractivity contribution is 6.12. The van der Waals surface area contributed by atoms with E-state index in [0.29, 0.717) is 0 Å². The maximum Gasteiger partial charge on any atom is 0.0547 e. The lowest BCUT2D eigenvalue weighted by atomic mass is 10.0. The molecule has 42 heavy (non-hydrogen) atoms. The summed E-state index contributed by atoms with van der Waals surface area (Å²) in [6.07, 6.45) is 0. The molecule has 206 valence electrons. The number of para-hydroxylation sites is 4. The third kappa shape index (κ3) is 4.46. The Morgan fingerprint density at radius 2 is 0.714 bits per heavy atom. The van der Waals surface area contributed by atoms with E-state index in [-0.39, 0.29) is 0 Å². The third-order valence-corrected chi connectivity index (χ3v) is 7.71. The van der Waals surface area contributed by atoms with Crippen molar-refractivity contribution in [3.63, 3.8) is 0 Å². The van der Waals surface area contributed by atoms with E-state index in [2.05, 4.69) is 155 Å². The lowest BCUT2D eigenvalue weighted by molar-refractivity contribution is 1.18. The molecule has 8 rings (SSSR count). The molecule has 0 fully saturated rings. The zero-order chi connectivity index (χ0) is 29.1. The summed E-state index contributed by atoms with van der Waals surface area (Å²) < 4.78 is 4.75. The molecule has 0 atom stereocenters. The number of nitrogens with zero attached hydrogens (tertiary/aromatic N) is 2. The lowest BCUT2D eigenvalue weighted by Gasteiger charge is -2.10. The minimum Gasteiger partial charge on any atom is -0.309 e. The average Bonchev–Trinajstić information content (AvgIpc) is 3.59. The molecule has 0 saturated heterocycles. The van der Waals surface area contributed by atoms with Crippen molar-refractivity contribution in [1.82, 2.24) is 9.13 Å². The van der Waals surface area contributed by atoms with Crippen molar-refractivity contribution in [2.45, 2.75) is 27.7 Å². The Kier molecular flexibility index (Phi) is 7.62. The smallest absolute Gasteiger partial charge is 0.0547 e. The summed E-state index contributed by atoms with van der Waals surface area (Å²) in [5.41, 5.74) is 9.70. The van der Waals surface area contributed by atoms with Crippen LogP contribution in [0, 0.1) is 0 Å². The predicted octanol–water partition coefficient (Wildman–Crippen LogP) is 11.6. The molecular formula is C40H36N2. The summed E-state index contributed by atoms with van der Waals surface area (Å²) in [5, 5.41) is 5.09. The van der Waals surface area contributed by atoms with E-state index >= 15 is 0 Å². The highest BCUT2D eigenvalue weighted by Gasteiger charge is 2.15. The van der Waals surface area contributed by atoms with Crippen LogP contribution in [0.15, 0.2) is 146 Å². The van der Waals surface area contributed by atoms with Gasteiger partial charge in [0.1, 0.15) is 0 Å². The van der Waals surface area contributed by atoms with Gasteiger partial charge in [0.2, 0.25) is 0 Å². The van der Waals surface area contributed by atoms with Crippen molar-refractivity contribution >= 4 is 43.6 Å². The van der Waals surface area contributed by atoms with Crippen LogP contribution >= 0.6 is 0 Å². The van der Waals surface area contributed by atoms with Gasteiger partial charge >= 0.3 is 0 Å². The first-order valence-electron chi connectivity index (χ1n) is 15.0. The molecule has 0 saturated carbocycles. The zero-order valence-electron chi connectivity index (χ0n) is 24.8. The Balaban J connectivity index is 0.000000759. The van der Waals surface area contributed by atoms with Gasteiger partial charge in [-0.3, -0.25) is 0 Å². The molecule has 0 aliphatic rings. The number of rotatable bonds is 3. The fraction of sp³-hybridized carbons (Fsp3) is 0.100. The highest BCUT2D eigenvalue weighted by atomic mass is 15.0. The maximum absolute atomic E-state index is 2.38. The largest absolute Gasteiger partial charge is 0.309 e. The molecule has 0 N–H and O–H groups in total. The summed E-state index contributed by atoms with van der Waals surface area (Å²) in [4.78, 5) is 0. The van der Waals surface area contributed by atoms with E-state index < -0.39 is 0 Å². The zero-order valence-corrected chi connectivity index (χ0v) is 24.8. The van der Waals surface area contributed by atoms with E-state index in [1.54, 1.807) is 0 Å². The molecule has 6 aromatic carbocycles. The molecule has 0 unspecified atom stereocenters. The average molecular weight is 545 g/mol. The van der Waals surface area contributed by atoms with Crippen LogP contribution in [0.25, 0.3) is 66.1 Å². The van der Waals surface area contributed by atoms with Crippen molar-refractivity contribution in [3.8, 4) is 22.5 Å². The van der Waals surface area contributed by atoms with Gasteiger partial charge in [0.25, 0.3) is 0 Å². The molecule has 0 aliphatic carbocycles. The SMILES string of the molecule is CC.CC.c1ccc(-n2c3ccccc3c3cc(-c4ccc5c6ccccc6n(-c6ccccc6)c5c4)ccc32)cc1. The van der Waals surface area contributed by atoms with Gasteiger partial charge in [0.05, 0.1) is 22.1 Å². The van der Waals surface area contributed by atoms with E-state index in [1.165, 1.54) is 66.1 Å². The third-order valence-electron chi connectivity index (χ3n) is 7.71. The van der Waals surface area contributed by atoms with Crippen molar-refractivity contribution in [2.75, 3.05) is 0 Å². The normalized spacial score (nSPS) is 10.9. The standard InChI is InChI=1S/C36H24N2.2C2H6/c1-3-11-27(12-4-1)37-34-18-10-8-16-30(34)32-23-25(20-22-35(32)37)26-19-21-31-29-15-7-9-17-33(29)38(36(31)24-26)28-13-5-2-6-14-28;2*1-2/h1-24H;2*1-2H3. The first kappa shape index (κ1) is 27.1. The second-order valence-electron chi connectivity index (χ2n) is 9.84. The van der Waals surface area contributed by atoms with Gasteiger partial charge in [-0.1, -0.05) is 119 Å². The summed E-state index contributed by atoms with van der Waals surface area (Å²) in [7, 11) is 0. The van der Waals surface area contributed by atoms with Crippen LogP contribution in [0.3, 0.4) is 0 Å². The molecule has 0 aliphatic heterocycles. The Hall–Kier alpha value is -5.08. The van der Waals surface area contributed by atoms with Gasteiger partial charge in [-0.15, -0.1) is 0 Å². The first-order chi connectivity index (χ1) is 20.9. The molecule has 2 aromatic heterocycles. The van der Waals surface area contributed by atoms with Gasteiger partial charge in [0.15, 0.2) is 0 Å². The number of aromatic nitrogens is 2. The van der Waals surface area contributed by atoms with Crippen molar-refractivity contribution < 1.29 is 0 Å². The molecule has 8 aromatic rings. The number of fused-ring (bicyclic) bond motifs is 6. The molecule has 0 bridgehead atoms. The van der Waals surface area contributed by atoms with Gasteiger partial charge < -0.3 is 9.13 Å². The molecule has 2 heteroatoms. The Bertz CT molecular complexity index is 2110. The Morgan fingerprint density at radius 1 is 0.310 bits per heavy atom. The van der Waals surface area contributed by atoms with Crippen LogP contribution in [0.5, 0.6) is 0 Å². The van der Waals surface area contributed by atoms with Gasteiger partial charge in [-0.2, -0.15) is 0 Å². The summed E-state index contributed by atoms with van der Waals surface area (Å²) in [6.45, 7) is 8.00. The lowest BCUT2D eigenvalue weighted by Crippen LogP contribution is -1.93. The molecular weight excluding hydrogens is 508 g/mol. The van der Waals surface area contributed by atoms with Crippen molar-refractivity contribution in [3.05, 3.63) is 146 Å². The van der Waals surface area contributed by atoms with Gasteiger partial charge in [-0.25, -0.2) is 0 Å². The number of benzene rings is 6. The molecule has 0 radical (unpaired) electrons. The van der Waals surface area contributed by atoms with E-state index in [0.717, 1.165) is 0 Å². The monoisotopic (exact) mass is 544 g/mol. The van der Waals surface area contributed by atoms with Crippen LogP contribution in [0.2, 0.25) is 0 Å². The quantitative estimate of drug-likeness (QED) is 0.209. The number of hydrogen-bond donors (Lipinski definition) is 0. The summed E-state index contributed by atoms with van der Waals surface area (Å²) in [5.74, 6) is 0. The fourth-order valence-electron chi connectivity index (χ4n) is 6.01. The van der Waals surface area contributed by atoms with Crippen LogP contribution < -0.4 is 0 Å². The fourth-order valence-corrected chi connectivity index (χ4v) is 6.01. The second-order valence-corrected chi connectivity index (χ2v) is 9.84. The Morgan fingerprint density at radius 3 is 1.31 bits per heavy atom. The maximum atomic E-state index is 2.38. The molecule has 2 heterocycles. The van der Waals surface area contributed by atoms with E-state index in [9.17, 15) is 0 Å². The van der Waals surface area contributed by atoms with Crippen LogP contribution in [-0.4, -0.2) is 9.13 Å². The van der Waals surface area contributed by atoms with E-state index in [4.69, 9.17) is 0 Å². The minimum absolute atomic E-state index is 1.18. The topological polar surface area (TPSA) is 9.86 Å². The van der Waals surface area contributed by atoms with Crippen LogP contribution in [-0.2, 0) is 0 Å². The van der Waals surface area contributed by atoms with Crippen molar-refractivity contribution in [1.29, 1.82) is 0 Å². The number of hydrogen-bond acceptors (Lipinski definition) is 0. The summed E-state index contributed by atoms with van der Waals surface area (Å²) in [6, 6.07) is 52.5. The molecule has 2 nitrogen and oxygen atoms in total. The first-order valence-corrected chi connectivity index (χ1v) is 15.0. The highest BCUT2D eigenvalue weighted by Crippen LogP contribution is 2.37. The Labute approximate surface area is 248 Å². The minimum atomic E-state index is 1.18. The van der Waals surface area contributed by atoms with E-state index in [1.807, 2.05) is 27.7 Å². The van der Waals surface area contributed by atoms with Gasteiger partial charge in [-0.05, 0) is 65.7 Å².